The molecule has 106 valence electrons. The Labute approximate surface area is 112 Å². The normalized spacial score (nSPS) is 17.8. The lowest BCUT2D eigenvalue weighted by Gasteiger charge is -2.37. The second-order valence-corrected chi connectivity index (χ2v) is 5.72. The fraction of sp³-hybridized carbons (Fsp3) is 0.929. The van der Waals surface area contributed by atoms with Gasteiger partial charge in [-0.2, -0.15) is 0 Å². The van der Waals surface area contributed by atoms with Gasteiger partial charge in [0.15, 0.2) is 0 Å². The quantitative estimate of drug-likeness (QED) is 0.727. The Balaban J connectivity index is 2.16. The maximum Gasteiger partial charge on any atom is 0.222 e. The minimum Gasteiger partial charge on any atom is -0.340 e. The Bertz CT molecular complexity index is 245. The zero-order valence-electron chi connectivity index (χ0n) is 12.4. The Hall–Kier alpha value is -0.610. The van der Waals surface area contributed by atoms with Crippen molar-refractivity contribution in [2.24, 2.45) is 0 Å². The van der Waals surface area contributed by atoms with Crippen molar-refractivity contribution >= 4 is 5.91 Å². The maximum absolute atomic E-state index is 12.0. The van der Waals surface area contributed by atoms with Gasteiger partial charge in [0.25, 0.3) is 0 Å². The Morgan fingerprint density at radius 2 is 1.72 bits per heavy atom. The van der Waals surface area contributed by atoms with Gasteiger partial charge in [-0.1, -0.05) is 13.8 Å². The van der Waals surface area contributed by atoms with Crippen molar-refractivity contribution in [2.75, 3.05) is 32.7 Å². The zero-order valence-corrected chi connectivity index (χ0v) is 12.4. The van der Waals surface area contributed by atoms with Gasteiger partial charge in [-0.05, 0) is 26.8 Å². The second kappa shape index (κ2) is 7.74. The lowest BCUT2D eigenvalue weighted by Crippen LogP contribution is -2.50. The molecule has 1 heterocycles. The highest BCUT2D eigenvalue weighted by atomic mass is 16.2. The Morgan fingerprint density at radius 3 is 2.22 bits per heavy atom. The topological polar surface area (TPSA) is 35.6 Å². The molecule has 0 bridgehead atoms. The summed E-state index contributed by atoms with van der Waals surface area (Å²) in [6.45, 7) is 13.5. The summed E-state index contributed by atoms with van der Waals surface area (Å²) in [5.74, 6) is 0.323. The average Bonchev–Trinajstić information content (AvgIpc) is 2.34. The Kier molecular flexibility index (Phi) is 6.65. The molecule has 0 radical (unpaired) electrons. The average molecular weight is 255 g/mol. The summed E-state index contributed by atoms with van der Waals surface area (Å²) in [6, 6.07) is 1.10. The molecule has 0 aromatic rings. The van der Waals surface area contributed by atoms with E-state index in [0.717, 1.165) is 39.1 Å². The minimum absolute atomic E-state index is 0.323. The summed E-state index contributed by atoms with van der Waals surface area (Å²) < 4.78 is 0. The number of amides is 1. The van der Waals surface area contributed by atoms with Gasteiger partial charge in [-0.25, -0.2) is 0 Å². The summed E-state index contributed by atoms with van der Waals surface area (Å²) in [6.07, 6.45) is 1.63. The summed E-state index contributed by atoms with van der Waals surface area (Å²) in [4.78, 5) is 16.5. The van der Waals surface area contributed by atoms with E-state index in [4.69, 9.17) is 0 Å². The second-order valence-electron chi connectivity index (χ2n) is 5.72. The molecule has 0 aromatic carbocycles. The summed E-state index contributed by atoms with van der Waals surface area (Å²) in [5.41, 5.74) is 0. The van der Waals surface area contributed by atoms with E-state index >= 15 is 0 Å². The predicted molar refractivity (Wildman–Crippen MR) is 75.7 cm³/mol. The smallest absolute Gasteiger partial charge is 0.222 e. The van der Waals surface area contributed by atoms with Gasteiger partial charge in [-0.3, -0.25) is 9.69 Å². The first-order valence-corrected chi connectivity index (χ1v) is 7.26. The molecule has 4 nitrogen and oxygen atoms in total. The van der Waals surface area contributed by atoms with Gasteiger partial charge in [0.1, 0.15) is 0 Å². The van der Waals surface area contributed by atoms with Crippen LogP contribution < -0.4 is 5.32 Å². The van der Waals surface area contributed by atoms with Crippen molar-refractivity contribution in [1.82, 2.24) is 15.1 Å². The fourth-order valence-electron chi connectivity index (χ4n) is 2.28. The number of hydrogen-bond acceptors (Lipinski definition) is 3. The van der Waals surface area contributed by atoms with Crippen molar-refractivity contribution in [3.05, 3.63) is 0 Å². The van der Waals surface area contributed by atoms with E-state index < -0.39 is 0 Å². The molecule has 1 saturated heterocycles. The minimum atomic E-state index is 0.323. The van der Waals surface area contributed by atoms with E-state index in [1.54, 1.807) is 0 Å². The first-order valence-electron chi connectivity index (χ1n) is 7.26. The van der Waals surface area contributed by atoms with E-state index in [2.05, 4.69) is 37.9 Å². The molecule has 0 saturated carbocycles. The first-order chi connectivity index (χ1) is 8.50. The fourth-order valence-corrected chi connectivity index (χ4v) is 2.28. The van der Waals surface area contributed by atoms with Crippen LogP contribution in [0.1, 0.15) is 40.5 Å². The number of nitrogens with one attached hydrogen (secondary N) is 1. The number of carbonyl (C=O) groups excluding carboxylic acids is 1. The molecule has 18 heavy (non-hydrogen) atoms. The summed E-state index contributed by atoms with van der Waals surface area (Å²) in [5, 5.41) is 3.35. The molecular weight excluding hydrogens is 226 g/mol. The van der Waals surface area contributed by atoms with Gasteiger partial charge >= 0.3 is 0 Å². The number of piperazine rings is 1. The number of hydrogen-bond donors (Lipinski definition) is 1. The summed E-state index contributed by atoms with van der Waals surface area (Å²) >= 11 is 0. The van der Waals surface area contributed by atoms with E-state index in [9.17, 15) is 4.79 Å². The lowest BCUT2D eigenvalue weighted by molar-refractivity contribution is -0.133. The third-order valence-corrected chi connectivity index (χ3v) is 3.52. The zero-order chi connectivity index (χ0) is 13.5. The molecule has 0 spiro atoms. The number of carbonyl (C=O) groups is 1. The van der Waals surface area contributed by atoms with E-state index in [1.165, 1.54) is 0 Å². The molecule has 4 heteroatoms. The van der Waals surface area contributed by atoms with Crippen LogP contribution in [-0.4, -0.2) is 60.5 Å². The molecule has 0 aliphatic carbocycles. The molecular formula is C14H29N3O. The van der Waals surface area contributed by atoms with Gasteiger partial charge in [0.2, 0.25) is 5.91 Å². The summed E-state index contributed by atoms with van der Waals surface area (Å²) in [7, 11) is 0. The maximum atomic E-state index is 12.0. The molecule has 1 aliphatic heterocycles. The predicted octanol–water partition coefficient (Wildman–Crippen LogP) is 1.32. The third-order valence-electron chi connectivity index (χ3n) is 3.52. The van der Waals surface area contributed by atoms with Crippen LogP contribution in [0, 0.1) is 0 Å². The third kappa shape index (κ3) is 5.36. The molecule has 0 aromatic heterocycles. The number of rotatable bonds is 6. The van der Waals surface area contributed by atoms with Crippen molar-refractivity contribution in [2.45, 2.75) is 52.6 Å². The largest absolute Gasteiger partial charge is 0.340 e. The first kappa shape index (κ1) is 15.4. The van der Waals surface area contributed by atoms with Gasteiger partial charge in [-0.15, -0.1) is 0 Å². The van der Waals surface area contributed by atoms with Crippen LogP contribution >= 0.6 is 0 Å². The molecule has 1 amide bonds. The Morgan fingerprint density at radius 1 is 1.11 bits per heavy atom. The standard InChI is InChI=1S/C14H29N3O/c1-12(2)15-7-5-6-14(18)17-10-8-16(9-11-17)13(3)4/h12-13,15H,5-11H2,1-4H3. The lowest BCUT2D eigenvalue weighted by atomic mass is 10.2. The van der Waals surface area contributed by atoms with Crippen molar-refractivity contribution in [3.63, 3.8) is 0 Å². The van der Waals surface area contributed by atoms with Crippen LogP contribution in [0.15, 0.2) is 0 Å². The van der Waals surface area contributed by atoms with Crippen LogP contribution in [0.4, 0.5) is 0 Å². The van der Waals surface area contributed by atoms with Gasteiger partial charge < -0.3 is 10.2 Å². The molecule has 1 fully saturated rings. The molecule has 0 unspecified atom stereocenters. The monoisotopic (exact) mass is 255 g/mol. The van der Waals surface area contributed by atoms with Crippen LogP contribution in [-0.2, 0) is 4.79 Å². The molecule has 0 atom stereocenters. The highest BCUT2D eigenvalue weighted by Crippen LogP contribution is 2.07. The van der Waals surface area contributed by atoms with Crippen LogP contribution in [0.25, 0.3) is 0 Å². The van der Waals surface area contributed by atoms with Gasteiger partial charge in [0.05, 0.1) is 0 Å². The molecule has 1 N–H and O–H groups in total. The van der Waals surface area contributed by atoms with Crippen LogP contribution in [0.3, 0.4) is 0 Å². The van der Waals surface area contributed by atoms with Crippen molar-refractivity contribution < 1.29 is 4.79 Å². The van der Waals surface area contributed by atoms with E-state index in [1.807, 2.05) is 4.90 Å². The molecule has 1 rings (SSSR count). The van der Waals surface area contributed by atoms with Crippen molar-refractivity contribution in [3.8, 4) is 0 Å². The van der Waals surface area contributed by atoms with Crippen molar-refractivity contribution in [1.29, 1.82) is 0 Å². The van der Waals surface area contributed by atoms with Crippen LogP contribution in [0.5, 0.6) is 0 Å². The van der Waals surface area contributed by atoms with Gasteiger partial charge in [0, 0.05) is 44.7 Å². The number of nitrogens with zero attached hydrogens (tertiary/aromatic N) is 2. The van der Waals surface area contributed by atoms with E-state index in [-0.39, 0.29) is 0 Å². The SMILES string of the molecule is CC(C)NCCCC(=O)N1CCN(C(C)C)CC1. The molecule has 1 aliphatic rings. The van der Waals surface area contributed by atoms with E-state index in [0.29, 0.717) is 24.4 Å². The highest BCUT2D eigenvalue weighted by Gasteiger charge is 2.21. The van der Waals surface area contributed by atoms with Crippen LogP contribution in [0.2, 0.25) is 0 Å². The highest BCUT2D eigenvalue weighted by molar-refractivity contribution is 5.76.